The highest BCUT2D eigenvalue weighted by Gasteiger charge is 2.10. The van der Waals surface area contributed by atoms with Crippen LogP contribution in [-0.4, -0.2) is 50.3 Å². The minimum atomic E-state index is 0. The summed E-state index contributed by atoms with van der Waals surface area (Å²) in [4.78, 5) is 12.9. The molecule has 0 spiro atoms. The third-order valence-corrected chi connectivity index (χ3v) is 5.86. The number of hydrogen-bond acceptors (Lipinski definition) is 5. The number of aromatic nitrogens is 1. The molecule has 0 radical (unpaired) electrons. The van der Waals surface area contributed by atoms with Gasteiger partial charge in [-0.15, -0.1) is 35.3 Å². The summed E-state index contributed by atoms with van der Waals surface area (Å²) in [5, 5.41) is 7.91. The molecular weight excluding hydrogens is 497 g/mol. The summed E-state index contributed by atoms with van der Waals surface area (Å²) in [6, 6.07) is 8.70. The van der Waals surface area contributed by atoms with Crippen molar-refractivity contribution in [1.29, 1.82) is 0 Å². The number of guanidine groups is 1. The van der Waals surface area contributed by atoms with Crippen LogP contribution < -0.4 is 15.5 Å². The minimum Gasteiger partial charge on any atom is -0.378 e. The Balaban J connectivity index is 0.00000300. The molecule has 0 atom stereocenters. The van der Waals surface area contributed by atoms with Crippen LogP contribution in [0.4, 0.5) is 5.69 Å². The van der Waals surface area contributed by atoms with Crippen LogP contribution in [0, 0.1) is 0 Å². The summed E-state index contributed by atoms with van der Waals surface area (Å²) < 4.78 is 5.42. The molecule has 1 aromatic heterocycles. The third-order valence-electron chi connectivity index (χ3n) is 4.66. The monoisotopic (exact) mass is 529 g/mol. The van der Waals surface area contributed by atoms with Gasteiger partial charge in [-0.2, -0.15) is 0 Å². The van der Waals surface area contributed by atoms with E-state index < -0.39 is 0 Å². The number of hydrogen-bond donors (Lipinski definition) is 2. The molecule has 1 fully saturated rings. The highest BCUT2D eigenvalue weighted by Crippen LogP contribution is 2.17. The summed E-state index contributed by atoms with van der Waals surface area (Å²) in [6.07, 6.45) is 3.96. The largest absolute Gasteiger partial charge is 0.378 e. The molecule has 0 aliphatic carbocycles. The van der Waals surface area contributed by atoms with Crippen molar-refractivity contribution in [2.45, 2.75) is 33.2 Å². The summed E-state index contributed by atoms with van der Waals surface area (Å²) in [6.45, 7) is 10.1. The number of benzene rings is 1. The quantitative estimate of drug-likeness (QED) is 0.312. The lowest BCUT2D eigenvalue weighted by Gasteiger charge is -2.28. The van der Waals surface area contributed by atoms with E-state index in [2.05, 4.69) is 58.6 Å². The molecule has 1 aliphatic heterocycles. The molecule has 160 valence electrons. The number of nitrogens with one attached hydrogen (secondary N) is 2. The van der Waals surface area contributed by atoms with Crippen LogP contribution >= 0.6 is 35.3 Å². The van der Waals surface area contributed by atoms with Gasteiger partial charge in [-0.25, -0.2) is 9.98 Å². The molecule has 29 heavy (non-hydrogen) atoms. The van der Waals surface area contributed by atoms with Crippen LogP contribution in [-0.2, 0) is 24.1 Å². The van der Waals surface area contributed by atoms with Crippen LogP contribution in [0.25, 0.3) is 0 Å². The zero-order valence-electron chi connectivity index (χ0n) is 17.3. The molecule has 2 aromatic rings. The number of halogens is 1. The number of anilines is 1. The molecule has 0 bridgehead atoms. The number of morpholine rings is 1. The van der Waals surface area contributed by atoms with Crippen molar-refractivity contribution in [3.8, 4) is 0 Å². The standard InChI is InChI=1S/C21H31N5OS.HI/c1-3-19-16-24-20(28-19)9-10-23-21(22-4-2)25-15-17-5-7-18(8-6-17)26-11-13-27-14-12-26;/h5-8,16H,3-4,9-15H2,1-2H3,(H2,22,23,25);1H. The summed E-state index contributed by atoms with van der Waals surface area (Å²) in [5.74, 6) is 0.854. The second kappa shape index (κ2) is 13.0. The van der Waals surface area contributed by atoms with Gasteiger partial charge < -0.3 is 20.3 Å². The molecular formula is C21H32IN5OS. The first-order valence-electron chi connectivity index (χ1n) is 10.2. The smallest absolute Gasteiger partial charge is 0.191 e. The first kappa shape index (κ1) is 23.9. The average Bonchev–Trinajstić information content (AvgIpc) is 3.21. The fraction of sp³-hybridized carbons (Fsp3) is 0.524. The molecule has 0 saturated carbocycles. The molecule has 1 aromatic carbocycles. The lowest BCUT2D eigenvalue weighted by molar-refractivity contribution is 0.122. The van der Waals surface area contributed by atoms with Crippen molar-refractivity contribution in [2.24, 2.45) is 4.99 Å². The lowest BCUT2D eigenvalue weighted by Crippen LogP contribution is -2.38. The Morgan fingerprint density at radius 3 is 2.59 bits per heavy atom. The van der Waals surface area contributed by atoms with Gasteiger partial charge in [0, 0.05) is 49.4 Å². The van der Waals surface area contributed by atoms with Crippen molar-refractivity contribution in [2.75, 3.05) is 44.3 Å². The van der Waals surface area contributed by atoms with Gasteiger partial charge in [0.1, 0.15) is 0 Å². The maximum atomic E-state index is 5.42. The summed E-state index contributed by atoms with van der Waals surface area (Å²) in [7, 11) is 0. The van der Waals surface area contributed by atoms with Gasteiger partial charge >= 0.3 is 0 Å². The van der Waals surface area contributed by atoms with E-state index in [0.717, 1.165) is 58.2 Å². The fourth-order valence-electron chi connectivity index (χ4n) is 3.06. The molecule has 1 aliphatic rings. The van der Waals surface area contributed by atoms with Crippen LogP contribution in [0.15, 0.2) is 35.5 Å². The Morgan fingerprint density at radius 2 is 1.93 bits per heavy atom. The van der Waals surface area contributed by atoms with E-state index in [1.54, 1.807) is 11.3 Å². The minimum absolute atomic E-state index is 0. The van der Waals surface area contributed by atoms with E-state index >= 15 is 0 Å². The van der Waals surface area contributed by atoms with E-state index in [4.69, 9.17) is 9.73 Å². The predicted octanol–water partition coefficient (Wildman–Crippen LogP) is 3.46. The van der Waals surface area contributed by atoms with Crippen LogP contribution in [0.3, 0.4) is 0 Å². The molecule has 6 nitrogen and oxygen atoms in total. The topological polar surface area (TPSA) is 61.8 Å². The number of aryl methyl sites for hydroxylation is 1. The maximum Gasteiger partial charge on any atom is 0.191 e. The lowest BCUT2D eigenvalue weighted by atomic mass is 10.2. The molecule has 8 heteroatoms. The highest BCUT2D eigenvalue weighted by atomic mass is 127. The second-order valence-corrected chi connectivity index (χ2v) is 7.91. The number of thiazole rings is 1. The zero-order chi connectivity index (χ0) is 19.6. The summed E-state index contributed by atoms with van der Waals surface area (Å²) in [5.41, 5.74) is 2.47. The molecule has 0 unspecified atom stereocenters. The van der Waals surface area contributed by atoms with E-state index in [0.29, 0.717) is 6.54 Å². The second-order valence-electron chi connectivity index (χ2n) is 6.71. The Labute approximate surface area is 195 Å². The van der Waals surface area contributed by atoms with Gasteiger partial charge in [0.15, 0.2) is 5.96 Å². The third kappa shape index (κ3) is 7.75. The van der Waals surface area contributed by atoms with Crippen molar-refractivity contribution >= 4 is 47.0 Å². The van der Waals surface area contributed by atoms with Gasteiger partial charge in [-0.1, -0.05) is 19.1 Å². The van der Waals surface area contributed by atoms with Crippen LogP contribution in [0.1, 0.15) is 29.3 Å². The first-order valence-corrected chi connectivity index (χ1v) is 11.0. The molecule has 3 rings (SSSR count). The van der Waals surface area contributed by atoms with E-state index in [-0.39, 0.29) is 24.0 Å². The van der Waals surface area contributed by atoms with Gasteiger partial charge in [0.2, 0.25) is 0 Å². The predicted molar refractivity (Wildman–Crippen MR) is 133 cm³/mol. The normalized spacial score (nSPS) is 14.4. The van der Waals surface area contributed by atoms with Crippen LogP contribution in [0.2, 0.25) is 0 Å². The Hall–Kier alpha value is -1.39. The Morgan fingerprint density at radius 1 is 1.17 bits per heavy atom. The number of nitrogens with zero attached hydrogens (tertiary/aromatic N) is 3. The fourth-order valence-corrected chi connectivity index (χ4v) is 3.92. The van der Waals surface area contributed by atoms with E-state index in [1.807, 2.05) is 6.20 Å². The average molecular weight is 529 g/mol. The van der Waals surface area contributed by atoms with Crippen molar-refractivity contribution < 1.29 is 4.74 Å². The highest BCUT2D eigenvalue weighted by molar-refractivity contribution is 14.0. The van der Waals surface area contributed by atoms with Gasteiger partial charge in [0.05, 0.1) is 24.8 Å². The Kier molecular flexibility index (Phi) is 10.7. The van der Waals surface area contributed by atoms with E-state index in [9.17, 15) is 0 Å². The number of ether oxygens (including phenoxy) is 1. The molecule has 2 heterocycles. The number of aliphatic imine (C=N–C) groups is 1. The van der Waals surface area contributed by atoms with Crippen molar-refractivity contribution in [3.05, 3.63) is 45.9 Å². The maximum absolute atomic E-state index is 5.42. The van der Waals surface area contributed by atoms with Gasteiger partial charge in [-0.3, -0.25) is 0 Å². The van der Waals surface area contributed by atoms with Crippen molar-refractivity contribution in [3.63, 3.8) is 0 Å². The van der Waals surface area contributed by atoms with Crippen LogP contribution in [0.5, 0.6) is 0 Å². The van der Waals surface area contributed by atoms with E-state index in [1.165, 1.54) is 21.1 Å². The number of rotatable bonds is 8. The molecule has 0 amide bonds. The molecule has 1 saturated heterocycles. The SMILES string of the molecule is CCNC(=NCc1ccc(N2CCOCC2)cc1)NCCc1ncc(CC)s1.I. The van der Waals surface area contributed by atoms with Gasteiger partial charge in [0.25, 0.3) is 0 Å². The van der Waals surface area contributed by atoms with Crippen molar-refractivity contribution in [1.82, 2.24) is 15.6 Å². The zero-order valence-corrected chi connectivity index (χ0v) is 20.5. The van der Waals surface area contributed by atoms with Gasteiger partial charge in [-0.05, 0) is 31.0 Å². The summed E-state index contributed by atoms with van der Waals surface area (Å²) >= 11 is 1.80. The Bertz CT molecular complexity index is 744. The first-order chi connectivity index (χ1) is 13.8. The molecule has 2 N–H and O–H groups in total.